The molecule has 7 heteroatoms. The van der Waals surface area contributed by atoms with E-state index in [9.17, 15) is 4.79 Å². The smallest absolute Gasteiger partial charge is 0.224 e. The molecule has 4 rings (SSSR count). The Labute approximate surface area is 152 Å². The van der Waals surface area contributed by atoms with Gasteiger partial charge in [0.2, 0.25) is 11.8 Å². The number of carbonyl (C=O) groups is 1. The van der Waals surface area contributed by atoms with Gasteiger partial charge in [0.25, 0.3) is 0 Å². The summed E-state index contributed by atoms with van der Waals surface area (Å²) in [6, 6.07) is 7.11. The molecule has 2 aliphatic rings. The zero-order chi connectivity index (χ0) is 18.1. The minimum Gasteiger partial charge on any atom is -0.496 e. The first-order chi connectivity index (χ1) is 12.6. The van der Waals surface area contributed by atoms with E-state index in [-0.39, 0.29) is 17.2 Å². The number of methoxy groups -OCH3 is 1. The Hall–Kier alpha value is -2.41. The molecule has 138 valence electrons. The van der Waals surface area contributed by atoms with Gasteiger partial charge in [-0.3, -0.25) is 4.79 Å². The molecule has 0 bridgehead atoms. The van der Waals surface area contributed by atoms with E-state index in [4.69, 9.17) is 9.26 Å². The molecule has 1 aliphatic heterocycles. The van der Waals surface area contributed by atoms with E-state index in [1.165, 1.54) is 0 Å². The van der Waals surface area contributed by atoms with Crippen LogP contribution in [0.5, 0.6) is 5.75 Å². The number of nitrogens with one attached hydrogen (secondary N) is 2. The fourth-order valence-electron chi connectivity index (χ4n) is 4.06. The van der Waals surface area contributed by atoms with Crippen molar-refractivity contribution >= 4 is 5.91 Å². The summed E-state index contributed by atoms with van der Waals surface area (Å²) in [7, 11) is 1.62. The number of amides is 1. The van der Waals surface area contributed by atoms with Gasteiger partial charge in [0, 0.05) is 18.4 Å². The first-order valence-corrected chi connectivity index (χ1v) is 9.07. The molecule has 2 heterocycles. The number of nitrogens with zero attached hydrogens (tertiary/aromatic N) is 2. The maximum Gasteiger partial charge on any atom is 0.224 e. The van der Waals surface area contributed by atoms with E-state index in [0.29, 0.717) is 17.5 Å². The summed E-state index contributed by atoms with van der Waals surface area (Å²) in [4.78, 5) is 17.3. The van der Waals surface area contributed by atoms with Crippen molar-refractivity contribution in [2.24, 2.45) is 11.3 Å². The van der Waals surface area contributed by atoms with Crippen molar-refractivity contribution in [2.75, 3.05) is 20.2 Å². The lowest BCUT2D eigenvalue weighted by Crippen LogP contribution is -2.36. The van der Waals surface area contributed by atoms with E-state index in [0.717, 1.165) is 37.9 Å². The lowest BCUT2D eigenvalue weighted by atomic mass is 9.91. The Morgan fingerprint density at radius 3 is 2.85 bits per heavy atom. The number of hydrogen-bond donors (Lipinski definition) is 2. The lowest BCUT2D eigenvalue weighted by Gasteiger charge is -2.24. The van der Waals surface area contributed by atoms with Crippen LogP contribution in [0.2, 0.25) is 0 Å². The molecule has 7 nitrogen and oxygen atoms in total. The second-order valence-corrected chi connectivity index (χ2v) is 7.22. The summed E-state index contributed by atoms with van der Waals surface area (Å²) < 4.78 is 10.6. The van der Waals surface area contributed by atoms with Gasteiger partial charge in [-0.2, -0.15) is 4.98 Å². The summed E-state index contributed by atoms with van der Waals surface area (Å²) in [5.74, 6) is 1.73. The topological polar surface area (TPSA) is 89.3 Å². The monoisotopic (exact) mass is 356 g/mol. The molecule has 1 saturated heterocycles. The van der Waals surface area contributed by atoms with Crippen molar-refractivity contribution in [3.05, 3.63) is 41.5 Å². The predicted octanol–water partition coefficient (Wildman–Crippen LogP) is 1.98. The van der Waals surface area contributed by atoms with Crippen LogP contribution >= 0.6 is 0 Å². The lowest BCUT2D eigenvalue weighted by molar-refractivity contribution is -0.123. The van der Waals surface area contributed by atoms with Gasteiger partial charge in [0.15, 0.2) is 5.82 Å². The van der Waals surface area contributed by atoms with Crippen LogP contribution in [0.15, 0.2) is 28.8 Å². The maximum absolute atomic E-state index is 13.0. The van der Waals surface area contributed by atoms with Gasteiger partial charge in [0.1, 0.15) is 11.8 Å². The van der Waals surface area contributed by atoms with Crippen LogP contribution in [0.4, 0.5) is 0 Å². The van der Waals surface area contributed by atoms with Crippen molar-refractivity contribution in [1.82, 2.24) is 20.8 Å². The number of carbonyl (C=O) groups excluding carboxylic acids is 1. The highest BCUT2D eigenvalue weighted by Gasteiger charge is 2.57. The Balaban J connectivity index is 1.59. The van der Waals surface area contributed by atoms with Crippen LogP contribution in [-0.4, -0.2) is 36.2 Å². The third-order valence-electron chi connectivity index (χ3n) is 5.64. The predicted molar refractivity (Wildman–Crippen MR) is 94.7 cm³/mol. The quantitative estimate of drug-likeness (QED) is 0.852. The van der Waals surface area contributed by atoms with Crippen LogP contribution in [0.1, 0.15) is 42.6 Å². The SMILES string of the molecule is COc1ccccc1[C@H](NC(=O)[C@@H]1CC12CCNCC2)c1noc(C)n1. The number of aromatic nitrogens is 2. The molecule has 2 aromatic rings. The molecular weight excluding hydrogens is 332 g/mol. The highest BCUT2D eigenvalue weighted by Crippen LogP contribution is 2.58. The standard InChI is InChI=1S/C19H24N4O3/c1-12-21-17(23-26-12)16(13-5-3-4-6-15(13)25-2)22-18(24)14-11-19(14)7-9-20-10-8-19/h3-6,14,16,20H,7-11H2,1-2H3,(H,22,24)/t14-,16-/m0/s1. The summed E-state index contributed by atoms with van der Waals surface area (Å²) in [6.45, 7) is 3.72. The molecule has 1 amide bonds. The molecule has 2 N–H and O–H groups in total. The normalized spacial score (nSPS) is 22.0. The summed E-state index contributed by atoms with van der Waals surface area (Å²) in [6.07, 6.45) is 3.09. The van der Waals surface area contributed by atoms with Gasteiger partial charge in [-0.15, -0.1) is 0 Å². The first kappa shape index (κ1) is 17.0. The molecular formula is C19H24N4O3. The summed E-state index contributed by atoms with van der Waals surface area (Å²) >= 11 is 0. The van der Waals surface area contributed by atoms with Gasteiger partial charge >= 0.3 is 0 Å². The Bertz CT molecular complexity index is 798. The van der Waals surface area contributed by atoms with Gasteiger partial charge < -0.3 is 19.9 Å². The number of benzene rings is 1. The molecule has 0 radical (unpaired) electrons. The summed E-state index contributed by atoms with van der Waals surface area (Å²) in [5, 5.41) is 10.6. The van der Waals surface area contributed by atoms with E-state index in [1.54, 1.807) is 14.0 Å². The number of rotatable bonds is 5. The fourth-order valence-corrected chi connectivity index (χ4v) is 4.06. The fraction of sp³-hybridized carbons (Fsp3) is 0.526. The number of para-hydroxylation sites is 1. The van der Waals surface area contributed by atoms with Gasteiger partial charge in [-0.05, 0) is 43.8 Å². The highest BCUT2D eigenvalue weighted by atomic mass is 16.5. The molecule has 2 fully saturated rings. The van der Waals surface area contributed by atoms with E-state index in [1.807, 2.05) is 24.3 Å². The van der Waals surface area contributed by atoms with Crippen molar-refractivity contribution in [3.8, 4) is 5.75 Å². The molecule has 1 saturated carbocycles. The Morgan fingerprint density at radius 2 is 2.15 bits per heavy atom. The Morgan fingerprint density at radius 1 is 1.38 bits per heavy atom. The highest BCUT2D eigenvalue weighted by molar-refractivity contribution is 5.83. The van der Waals surface area contributed by atoms with Crippen molar-refractivity contribution in [1.29, 1.82) is 0 Å². The van der Waals surface area contributed by atoms with Crippen LogP contribution in [0, 0.1) is 18.3 Å². The third-order valence-corrected chi connectivity index (χ3v) is 5.64. The van der Waals surface area contributed by atoms with E-state index >= 15 is 0 Å². The molecule has 1 aromatic heterocycles. The molecule has 2 atom stereocenters. The second kappa shape index (κ2) is 6.72. The summed E-state index contributed by atoms with van der Waals surface area (Å²) in [5.41, 5.74) is 0.998. The van der Waals surface area contributed by atoms with E-state index < -0.39 is 6.04 Å². The van der Waals surface area contributed by atoms with Crippen LogP contribution in [0.3, 0.4) is 0 Å². The molecule has 26 heavy (non-hydrogen) atoms. The number of hydrogen-bond acceptors (Lipinski definition) is 6. The zero-order valence-corrected chi connectivity index (χ0v) is 15.1. The average Bonchev–Trinajstić information content (AvgIpc) is 3.18. The van der Waals surface area contributed by atoms with E-state index in [2.05, 4.69) is 20.8 Å². The van der Waals surface area contributed by atoms with Crippen LogP contribution in [-0.2, 0) is 4.79 Å². The van der Waals surface area contributed by atoms with Crippen molar-refractivity contribution in [2.45, 2.75) is 32.2 Å². The Kier molecular flexibility index (Phi) is 4.40. The first-order valence-electron chi connectivity index (χ1n) is 9.07. The number of ether oxygens (including phenoxy) is 1. The average molecular weight is 356 g/mol. The largest absolute Gasteiger partial charge is 0.496 e. The van der Waals surface area contributed by atoms with Crippen LogP contribution in [0.25, 0.3) is 0 Å². The number of aryl methyl sites for hydroxylation is 1. The van der Waals surface area contributed by atoms with Crippen molar-refractivity contribution < 1.29 is 14.1 Å². The third kappa shape index (κ3) is 3.07. The van der Waals surface area contributed by atoms with Crippen molar-refractivity contribution in [3.63, 3.8) is 0 Å². The minimum atomic E-state index is -0.490. The molecule has 0 unspecified atom stereocenters. The minimum absolute atomic E-state index is 0.0604. The second-order valence-electron chi connectivity index (χ2n) is 7.22. The maximum atomic E-state index is 13.0. The molecule has 1 aromatic carbocycles. The molecule has 1 aliphatic carbocycles. The van der Waals surface area contributed by atoms with Crippen LogP contribution < -0.4 is 15.4 Å². The van der Waals surface area contributed by atoms with Gasteiger partial charge in [0.05, 0.1) is 7.11 Å². The van der Waals surface area contributed by atoms with Gasteiger partial charge in [-0.1, -0.05) is 23.4 Å². The molecule has 1 spiro atoms. The zero-order valence-electron chi connectivity index (χ0n) is 15.1. The number of piperidine rings is 1. The van der Waals surface area contributed by atoms with Gasteiger partial charge in [-0.25, -0.2) is 0 Å².